The molecule has 1 aliphatic carbocycles. The lowest BCUT2D eigenvalue weighted by molar-refractivity contribution is -0.114. The molecule has 0 unspecified atom stereocenters. The van der Waals surface area contributed by atoms with Gasteiger partial charge in [0.2, 0.25) is 0 Å². The van der Waals surface area contributed by atoms with Crippen LogP contribution in [0, 0.1) is 0 Å². The van der Waals surface area contributed by atoms with Gasteiger partial charge in [0.15, 0.2) is 5.78 Å². The summed E-state index contributed by atoms with van der Waals surface area (Å²) in [5, 5.41) is 0. The molecular formula is C20H28O. The summed E-state index contributed by atoms with van der Waals surface area (Å²) < 4.78 is 0. The molecule has 0 aliphatic heterocycles. The van der Waals surface area contributed by atoms with Crippen LogP contribution in [-0.4, -0.2) is 5.78 Å². The Morgan fingerprint density at radius 3 is 2.33 bits per heavy atom. The van der Waals surface area contributed by atoms with Gasteiger partial charge in [0, 0.05) is 6.42 Å². The Labute approximate surface area is 129 Å². The summed E-state index contributed by atoms with van der Waals surface area (Å²) in [5.41, 5.74) is 3.71. The minimum Gasteiger partial charge on any atom is -0.295 e. The van der Waals surface area contributed by atoms with Crippen LogP contribution >= 0.6 is 0 Å². The van der Waals surface area contributed by atoms with Crippen LogP contribution in [0.3, 0.4) is 0 Å². The number of carbonyl (C=O) groups excluding carboxylic acids is 1. The zero-order valence-electron chi connectivity index (χ0n) is 13.4. The molecule has 0 amide bonds. The first-order chi connectivity index (χ1) is 10.3. The Morgan fingerprint density at radius 2 is 1.67 bits per heavy atom. The topological polar surface area (TPSA) is 17.1 Å². The van der Waals surface area contributed by atoms with Gasteiger partial charge in [-0.3, -0.25) is 4.79 Å². The lowest BCUT2D eigenvalue weighted by Gasteiger charge is -2.11. The number of hydrogen-bond acceptors (Lipinski definition) is 1. The van der Waals surface area contributed by atoms with E-state index in [1.54, 1.807) is 0 Å². The molecule has 0 aromatic heterocycles. The van der Waals surface area contributed by atoms with Crippen molar-refractivity contribution in [2.75, 3.05) is 0 Å². The quantitative estimate of drug-likeness (QED) is 0.426. The summed E-state index contributed by atoms with van der Waals surface area (Å²) >= 11 is 0. The van der Waals surface area contributed by atoms with Gasteiger partial charge < -0.3 is 0 Å². The summed E-state index contributed by atoms with van der Waals surface area (Å²) in [6.45, 7) is 2.25. The Bertz CT molecular complexity index is 470. The number of benzene rings is 1. The maximum atomic E-state index is 12.1. The van der Waals surface area contributed by atoms with Crippen LogP contribution in [0.2, 0.25) is 0 Å². The molecule has 1 heteroatoms. The van der Waals surface area contributed by atoms with E-state index < -0.39 is 0 Å². The number of carbonyl (C=O) groups is 1. The molecule has 1 saturated carbocycles. The smallest absolute Gasteiger partial charge is 0.159 e. The fourth-order valence-electron chi connectivity index (χ4n) is 3.23. The molecular weight excluding hydrogens is 256 g/mol. The molecule has 1 nitrogen and oxygen atoms in total. The number of ketones is 1. The second-order valence-electron chi connectivity index (χ2n) is 6.12. The van der Waals surface area contributed by atoms with Crippen LogP contribution < -0.4 is 0 Å². The average molecular weight is 284 g/mol. The Hall–Kier alpha value is -1.37. The minimum absolute atomic E-state index is 0.389. The fraction of sp³-hybridized carbons (Fsp3) is 0.550. The third-order valence-electron chi connectivity index (χ3n) is 4.43. The van der Waals surface area contributed by atoms with E-state index in [0.29, 0.717) is 5.78 Å². The van der Waals surface area contributed by atoms with Gasteiger partial charge in [-0.15, -0.1) is 0 Å². The van der Waals surface area contributed by atoms with E-state index in [1.807, 2.05) is 6.07 Å². The predicted molar refractivity (Wildman–Crippen MR) is 90.2 cm³/mol. The number of allylic oxidation sites excluding steroid dienone is 2. The summed E-state index contributed by atoms with van der Waals surface area (Å²) in [6.07, 6.45) is 11.7. The van der Waals surface area contributed by atoms with Crippen molar-refractivity contribution < 1.29 is 4.79 Å². The average Bonchev–Trinajstić information content (AvgIpc) is 2.93. The number of rotatable bonds is 8. The monoisotopic (exact) mass is 284 g/mol. The maximum Gasteiger partial charge on any atom is 0.159 e. The Kier molecular flexibility index (Phi) is 6.72. The van der Waals surface area contributed by atoms with Crippen molar-refractivity contribution >= 4 is 11.4 Å². The molecule has 0 spiro atoms. The Balaban J connectivity index is 1.99. The molecule has 0 heterocycles. The maximum absolute atomic E-state index is 12.1. The van der Waals surface area contributed by atoms with Crippen LogP contribution in [0.1, 0.15) is 76.7 Å². The third kappa shape index (κ3) is 4.84. The number of hydrogen-bond donors (Lipinski definition) is 0. The molecule has 114 valence electrons. The highest BCUT2D eigenvalue weighted by Crippen LogP contribution is 2.32. The summed E-state index contributed by atoms with van der Waals surface area (Å²) in [5.74, 6) is 0.389. The van der Waals surface area contributed by atoms with E-state index in [9.17, 15) is 4.79 Å². The summed E-state index contributed by atoms with van der Waals surface area (Å²) in [7, 11) is 0. The molecule has 0 saturated heterocycles. The van der Waals surface area contributed by atoms with Gasteiger partial charge in [-0.1, -0.05) is 69.4 Å². The highest BCUT2D eigenvalue weighted by molar-refractivity contribution is 6.04. The van der Waals surface area contributed by atoms with E-state index in [2.05, 4.69) is 31.2 Å². The number of unbranched alkanes of at least 4 members (excludes halogenated alkanes) is 5. The zero-order valence-corrected chi connectivity index (χ0v) is 13.4. The van der Waals surface area contributed by atoms with Crippen molar-refractivity contribution in [3.63, 3.8) is 0 Å². The molecule has 1 aliphatic rings. The van der Waals surface area contributed by atoms with Gasteiger partial charge in [-0.25, -0.2) is 0 Å². The SMILES string of the molecule is CCCCCCCC/C(=C1/CCCC1=O)c1ccccc1. The summed E-state index contributed by atoms with van der Waals surface area (Å²) in [4.78, 5) is 12.1. The minimum atomic E-state index is 0.389. The normalized spacial score (nSPS) is 17.3. The zero-order chi connectivity index (χ0) is 14.9. The van der Waals surface area contributed by atoms with Crippen molar-refractivity contribution in [2.45, 2.75) is 71.1 Å². The second kappa shape index (κ2) is 8.81. The third-order valence-corrected chi connectivity index (χ3v) is 4.43. The molecule has 0 bridgehead atoms. The molecule has 1 aromatic rings. The molecule has 2 rings (SSSR count). The highest BCUT2D eigenvalue weighted by atomic mass is 16.1. The van der Waals surface area contributed by atoms with Crippen LogP contribution in [0.4, 0.5) is 0 Å². The van der Waals surface area contributed by atoms with Gasteiger partial charge in [-0.05, 0) is 42.4 Å². The fourth-order valence-corrected chi connectivity index (χ4v) is 3.23. The molecule has 1 aromatic carbocycles. The highest BCUT2D eigenvalue weighted by Gasteiger charge is 2.21. The second-order valence-corrected chi connectivity index (χ2v) is 6.12. The van der Waals surface area contributed by atoms with Crippen molar-refractivity contribution in [1.29, 1.82) is 0 Å². The van der Waals surface area contributed by atoms with Gasteiger partial charge in [0.05, 0.1) is 0 Å². The summed E-state index contributed by atoms with van der Waals surface area (Å²) in [6, 6.07) is 10.5. The van der Waals surface area contributed by atoms with Crippen molar-refractivity contribution in [1.82, 2.24) is 0 Å². The van der Waals surface area contributed by atoms with Crippen molar-refractivity contribution in [3.05, 3.63) is 41.5 Å². The van der Waals surface area contributed by atoms with Crippen LogP contribution in [0.25, 0.3) is 5.57 Å². The van der Waals surface area contributed by atoms with E-state index in [4.69, 9.17) is 0 Å². The van der Waals surface area contributed by atoms with Crippen LogP contribution in [-0.2, 0) is 4.79 Å². The number of Topliss-reactive ketones (excluding diaryl/α,β-unsaturated/α-hetero) is 1. The van der Waals surface area contributed by atoms with Gasteiger partial charge in [-0.2, -0.15) is 0 Å². The van der Waals surface area contributed by atoms with Crippen molar-refractivity contribution in [3.8, 4) is 0 Å². The van der Waals surface area contributed by atoms with E-state index >= 15 is 0 Å². The first-order valence-electron chi connectivity index (χ1n) is 8.63. The van der Waals surface area contributed by atoms with Gasteiger partial charge >= 0.3 is 0 Å². The standard InChI is InChI=1S/C20H28O/c1-2-3-4-5-6-10-14-18(17-12-8-7-9-13-17)19-15-11-16-20(19)21/h7-9,12-13H,2-6,10-11,14-16H2,1H3/b19-18+. The van der Waals surface area contributed by atoms with Crippen LogP contribution in [0.15, 0.2) is 35.9 Å². The Morgan fingerprint density at radius 1 is 0.952 bits per heavy atom. The molecule has 0 atom stereocenters. The van der Waals surface area contributed by atoms with E-state index in [-0.39, 0.29) is 0 Å². The molecule has 0 radical (unpaired) electrons. The molecule has 1 fully saturated rings. The van der Waals surface area contributed by atoms with Crippen LogP contribution in [0.5, 0.6) is 0 Å². The van der Waals surface area contributed by atoms with E-state index in [0.717, 1.165) is 31.3 Å². The molecule has 0 N–H and O–H groups in total. The van der Waals surface area contributed by atoms with Crippen molar-refractivity contribution in [2.24, 2.45) is 0 Å². The lowest BCUT2D eigenvalue weighted by Crippen LogP contribution is -1.98. The largest absolute Gasteiger partial charge is 0.295 e. The van der Waals surface area contributed by atoms with E-state index in [1.165, 1.54) is 49.7 Å². The molecule has 21 heavy (non-hydrogen) atoms. The van der Waals surface area contributed by atoms with Gasteiger partial charge in [0.1, 0.15) is 0 Å². The van der Waals surface area contributed by atoms with Gasteiger partial charge in [0.25, 0.3) is 0 Å². The predicted octanol–water partition coefficient (Wildman–Crippen LogP) is 5.94. The first-order valence-corrected chi connectivity index (χ1v) is 8.63. The lowest BCUT2D eigenvalue weighted by atomic mass is 9.93. The first kappa shape index (κ1) is 16.0.